The van der Waals surface area contributed by atoms with Gasteiger partial charge in [-0.1, -0.05) is 6.92 Å². The Labute approximate surface area is 128 Å². The van der Waals surface area contributed by atoms with Crippen molar-refractivity contribution >= 4 is 0 Å². The lowest BCUT2D eigenvalue weighted by Gasteiger charge is -2.57. The van der Waals surface area contributed by atoms with Gasteiger partial charge in [0.15, 0.2) is 0 Å². The first kappa shape index (κ1) is 13.8. The number of hydrogen-bond acceptors (Lipinski definition) is 2. The molecule has 116 valence electrons. The molecule has 0 spiro atoms. The molecule has 0 radical (unpaired) electrons. The second-order valence-electron chi connectivity index (χ2n) is 8.21. The fraction of sp³-hybridized carbons (Fsp3) is 0.833. The van der Waals surface area contributed by atoms with Crippen LogP contribution in [0, 0.1) is 23.2 Å². The molecule has 1 atom stereocenters. The molecule has 4 aliphatic carbocycles. The topological polar surface area (TPSA) is 43.8 Å². The van der Waals surface area contributed by atoms with Gasteiger partial charge in [0.2, 0.25) is 0 Å². The third kappa shape index (κ3) is 2.44. The second-order valence-corrected chi connectivity index (χ2v) is 8.21. The Kier molecular flexibility index (Phi) is 3.36. The van der Waals surface area contributed by atoms with Gasteiger partial charge in [-0.25, -0.2) is 0 Å². The van der Waals surface area contributed by atoms with Crippen molar-refractivity contribution in [2.24, 2.45) is 28.9 Å². The Morgan fingerprint density at radius 3 is 2.43 bits per heavy atom. The number of aryl methyl sites for hydroxylation is 1. The summed E-state index contributed by atoms with van der Waals surface area (Å²) in [5, 5.41) is 4.46. The van der Waals surface area contributed by atoms with Crippen molar-refractivity contribution in [2.45, 2.75) is 70.9 Å². The Hall–Kier alpha value is -0.830. The minimum Gasteiger partial charge on any atom is -0.323 e. The van der Waals surface area contributed by atoms with Crippen molar-refractivity contribution in [3.05, 3.63) is 18.0 Å². The van der Waals surface area contributed by atoms with E-state index in [2.05, 4.69) is 22.8 Å². The van der Waals surface area contributed by atoms with Gasteiger partial charge >= 0.3 is 0 Å². The van der Waals surface area contributed by atoms with E-state index in [9.17, 15) is 0 Å². The van der Waals surface area contributed by atoms with E-state index in [0.717, 1.165) is 30.7 Å². The van der Waals surface area contributed by atoms with Crippen LogP contribution in [0.15, 0.2) is 12.3 Å². The first-order chi connectivity index (χ1) is 10.2. The van der Waals surface area contributed by atoms with Crippen molar-refractivity contribution in [1.82, 2.24) is 9.78 Å². The Bertz CT molecular complexity index is 469. The third-order valence-electron chi connectivity index (χ3n) is 6.38. The predicted molar refractivity (Wildman–Crippen MR) is 84.7 cm³/mol. The van der Waals surface area contributed by atoms with E-state index in [1.807, 2.05) is 6.20 Å². The molecule has 4 fully saturated rings. The van der Waals surface area contributed by atoms with Crippen molar-refractivity contribution in [2.75, 3.05) is 0 Å². The van der Waals surface area contributed by atoms with Gasteiger partial charge in [-0.05, 0) is 80.6 Å². The summed E-state index contributed by atoms with van der Waals surface area (Å²) in [5.41, 5.74) is 8.45. The number of aromatic nitrogens is 2. The van der Waals surface area contributed by atoms with Crippen LogP contribution in [-0.2, 0) is 6.54 Å². The van der Waals surface area contributed by atoms with Crippen LogP contribution >= 0.6 is 0 Å². The largest absolute Gasteiger partial charge is 0.323 e. The van der Waals surface area contributed by atoms with Crippen LogP contribution in [0.25, 0.3) is 0 Å². The molecule has 0 aromatic carbocycles. The highest BCUT2D eigenvalue weighted by Crippen LogP contribution is 2.62. The number of rotatable bonds is 5. The molecule has 4 aliphatic rings. The van der Waals surface area contributed by atoms with Crippen molar-refractivity contribution in [3.63, 3.8) is 0 Å². The summed E-state index contributed by atoms with van der Waals surface area (Å²) in [6.45, 7) is 3.20. The molecule has 1 aromatic heterocycles. The van der Waals surface area contributed by atoms with Gasteiger partial charge < -0.3 is 5.73 Å². The van der Waals surface area contributed by atoms with Gasteiger partial charge in [0.1, 0.15) is 0 Å². The Morgan fingerprint density at radius 1 is 1.24 bits per heavy atom. The van der Waals surface area contributed by atoms with Gasteiger partial charge in [-0.15, -0.1) is 0 Å². The fourth-order valence-electron chi connectivity index (χ4n) is 6.17. The molecule has 3 nitrogen and oxygen atoms in total. The molecule has 1 heterocycles. The molecule has 0 aliphatic heterocycles. The first-order valence-corrected chi connectivity index (χ1v) is 8.95. The summed E-state index contributed by atoms with van der Waals surface area (Å²) < 4.78 is 2.13. The van der Waals surface area contributed by atoms with Gasteiger partial charge in [0.05, 0.1) is 5.69 Å². The SMILES string of the molecule is CCCn1nccc1C(N)CC12CC3CC(CC(C3)C1)C2. The summed E-state index contributed by atoms with van der Waals surface area (Å²) >= 11 is 0. The van der Waals surface area contributed by atoms with Crippen LogP contribution in [-0.4, -0.2) is 9.78 Å². The highest BCUT2D eigenvalue weighted by Gasteiger charge is 2.51. The maximum Gasteiger partial charge on any atom is 0.0551 e. The van der Waals surface area contributed by atoms with Crippen LogP contribution < -0.4 is 5.73 Å². The maximum absolute atomic E-state index is 6.63. The highest BCUT2D eigenvalue weighted by molar-refractivity contribution is 5.10. The Balaban J connectivity index is 1.51. The lowest BCUT2D eigenvalue weighted by atomic mass is 9.48. The third-order valence-corrected chi connectivity index (χ3v) is 6.38. The molecule has 21 heavy (non-hydrogen) atoms. The zero-order valence-corrected chi connectivity index (χ0v) is 13.3. The van der Waals surface area contributed by atoms with Gasteiger partial charge in [0.25, 0.3) is 0 Å². The van der Waals surface area contributed by atoms with E-state index < -0.39 is 0 Å². The summed E-state index contributed by atoms with van der Waals surface area (Å²) in [6.07, 6.45) is 13.1. The second kappa shape index (κ2) is 5.12. The first-order valence-electron chi connectivity index (χ1n) is 8.95. The van der Waals surface area contributed by atoms with Gasteiger partial charge in [-0.2, -0.15) is 5.10 Å². The average molecular weight is 287 g/mol. The highest BCUT2D eigenvalue weighted by atomic mass is 15.3. The van der Waals surface area contributed by atoms with E-state index in [4.69, 9.17) is 5.73 Å². The molecular weight excluding hydrogens is 258 g/mol. The standard InChI is InChI=1S/C18H29N3/c1-2-5-21-17(3-4-20-21)16(19)12-18-9-13-6-14(10-18)8-15(7-13)11-18/h3-4,13-16H,2,5-12,19H2,1H3. The van der Waals surface area contributed by atoms with Crippen molar-refractivity contribution < 1.29 is 0 Å². The lowest BCUT2D eigenvalue weighted by Crippen LogP contribution is -2.47. The molecule has 1 unspecified atom stereocenters. The molecule has 0 amide bonds. The number of nitrogens with zero attached hydrogens (tertiary/aromatic N) is 2. The van der Waals surface area contributed by atoms with Crippen LogP contribution in [0.2, 0.25) is 0 Å². The summed E-state index contributed by atoms with van der Waals surface area (Å²) in [5.74, 6) is 3.05. The van der Waals surface area contributed by atoms with E-state index >= 15 is 0 Å². The predicted octanol–water partition coefficient (Wildman–Crippen LogP) is 3.90. The van der Waals surface area contributed by atoms with Crippen molar-refractivity contribution in [3.8, 4) is 0 Å². The minimum atomic E-state index is 0.176. The summed E-state index contributed by atoms with van der Waals surface area (Å²) in [4.78, 5) is 0. The monoisotopic (exact) mass is 287 g/mol. The molecule has 2 N–H and O–H groups in total. The summed E-state index contributed by atoms with van der Waals surface area (Å²) in [7, 11) is 0. The normalized spacial score (nSPS) is 38.9. The molecule has 4 saturated carbocycles. The van der Waals surface area contributed by atoms with Crippen LogP contribution in [0.1, 0.15) is 70.0 Å². The molecular formula is C18H29N3. The van der Waals surface area contributed by atoms with E-state index in [1.54, 1.807) is 0 Å². The average Bonchev–Trinajstić information content (AvgIpc) is 2.85. The molecule has 3 heteroatoms. The Morgan fingerprint density at radius 2 is 1.86 bits per heavy atom. The van der Waals surface area contributed by atoms with Crippen LogP contribution in [0.3, 0.4) is 0 Å². The van der Waals surface area contributed by atoms with Crippen molar-refractivity contribution in [1.29, 1.82) is 0 Å². The van der Waals surface area contributed by atoms with Gasteiger partial charge in [-0.3, -0.25) is 4.68 Å². The minimum absolute atomic E-state index is 0.176. The molecule has 1 aromatic rings. The van der Waals surface area contributed by atoms with E-state index in [1.165, 1.54) is 50.6 Å². The molecule has 5 rings (SSSR count). The maximum atomic E-state index is 6.63. The quantitative estimate of drug-likeness (QED) is 0.892. The number of nitrogens with two attached hydrogens (primary N) is 1. The van der Waals surface area contributed by atoms with Crippen LogP contribution in [0.4, 0.5) is 0 Å². The van der Waals surface area contributed by atoms with Gasteiger partial charge in [0, 0.05) is 18.8 Å². The number of hydrogen-bond donors (Lipinski definition) is 1. The zero-order chi connectivity index (χ0) is 14.4. The molecule has 0 saturated heterocycles. The smallest absolute Gasteiger partial charge is 0.0551 e. The fourth-order valence-corrected chi connectivity index (χ4v) is 6.17. The zero-order valence-electron chi connectivity index (χ0n) is 13.3. The van der Waals surface area contributed by atoms with E-state index in [0.29, 0.717) is 5.41 Å². The lowest BCUT2D eigenvalue weighted by molar-refractivity contribution is -0.0608. The molecule has 4 bridgehead atoms. The van der Waals surface area contributed by atoms with E-state index in [-0.39, 0.29) is 6.04 Å². The van der Waals surface area contributed by atoms with Crippen LogP contribution in [0.5, 0.6) is 0 Å². The summed E-state index contributed by atoms with van der Waals surface area (Å²) in [6, 6.07) is 2.32.